The highest BCUT2D eigenvalue weighted by atomic mass is 32.1. The Hall–Kier alpha value is -0.750. The molecule has 74 valence electrons. The predicted octanol–water partition coefficient (Wildman–Crippen LogP) is 1.30. The summed E-state index contributed by atoms with van der Waals surface area (Å²) in [5.74, 6) is 0. The number of nitrogens with two attached hydrogens (primary N) is 1. The lowest BCUT2D eigenvalue weighted by Gasteiger charge is -2.13. The lowest BCUT2D eigenvalue weighted by molar-refractivity contribution is 0.156. The van der Waals surface area contributed by atoms with E-state index in [9.17, 15) is 8.78 Å². The molecule has 13 heavy (non-hydrogen) atoms. The van der Waals surface area contributed by atoms with Gasteiger partial charge in [0.15, 0.2) is 5.13 Å². The molecule has 2 N–H and O–H groups in total. The number of thiazole rings is 1. The maximum absolute atomic E-state index is 12.0. The highest BCUT2D eigenvalue weighted by Crippen LogP contribution is 2.21. The molecule has 0 saturated carbocycles. The molecule has 3 nitrogen and oxygen atoms in total. The van der Waals surface area contributed by atoms with Crippen LogP contribution in [0.3, 0.4) is 0 Å². The van der Waals surface area contributed by atoms with Gasteiger partial charge in [-0.25, -0.2) is 13.8 Å². The van der Waals surface area contributed by atoms with E-state index >= 15 is 0 Å². The van der Waals surface area contributed by atoms with Gasteiger partial charge >= 0.3 is 0 Å². The first kappa shape index (κ1) is 10.3. The Bertz CT molecular complexity index is 264. The molecule has 0 aliphatic rings. The third-order valence-corrected chi connectivity index (χ3v) is 2.61. The molecular weight excluding hydrogens is 196 g/mol. The first-order chi connectivity index (χ1) is 6.13. The summed E-state index contributed by atoms with van der Waals surface area (Å²) in [4.78, 5) is 6.30. The van der Waals surface area contributed by atoms with Crippen molar-refractivity contribution >= 4 is 16.5 Å². The van der Waals surface area contributed by atoms with Gasteiger partial charge in [0.2, 0.25) is 0 Å². The molecule has 0 spiro atoms. The molecule has 6 heteroatoms. The van der Waals surface area contributed by atoms with Crippen molar-refractivity contribution in [1.29, 1.82) is 0 Å². The van der Waals surface area contributed by atoms with E-state index in [0.717, 1.165) is 4.88 Å². The average molecular weight is 207 g/mol. The fraction of sp³-hybridized carbons (Fsp3) is 0.571. The molecule has 0 amide bonds. The second kappa shape index (κ2) is 4.48. The van der Waals surface area contributed by atoms with Crippen molar-refractivity contribution in [2.75, 3.05) is 18.5 Å². The van der Waals surface area contributed by atoms with Crippen LogP contribution >= 0.6 is 11.3 Å². The van der Waals surface area contributed by atoms with E-state index < -0.39 is 6.43 Å². The third-order valence-electron chi connectivity index (χ3n) is 1.48. The second-order valence-corrected chi connectivity index (χ2v) is 3.68. The van der Waals surface area contributed by atoms with Crippen molar-refractivity contribution in [3.8, 4) is 0 Å². The molecular formula is C7H11F2N3S. The fourth-order valence-corrected chi connectivity index (χ4v) is 1.61. The average Bonchev–Trinajstić information content (AvgIpc) is 2.50. The number of aromatic nitrogens is 1. The van der Waals surface area contributed by atoms with Crippen LogP contribution in [0, 0.1) is 0 Å². The van der Waals surface area contributed by atoms with Crippen molar-refractivity contribution in [2.45, 2.75) is 13.0 Å². The van der Waals surface area contributed by atoms with Gasteiger partial charge in [-0.15, -0.1) is 11.3 Å². The fourth-order valence-electron chi connectivity index (χ4n) is 0.853. The van der Waals surface area contributed by atoms with E-state index in [1.54, 1.807) is 13.2 Å². The zero-order valence-corrected chi connectivity index (χ0v) is 8.02. The van der Waals surface area contributed by atoms with Gasteiger partial charge < -0.3 is 10.6 Å². The third kappa shape index (κ3) is 2.89. The number of halogens is 2. The van der Waals surface area contributed by atoms with Gasteiger partial charge in [0.1, 0.15) is 0 Å². The van der Waals surface area contributed by atoms with Crippen LogP contribution < -0.4 is 10.6 Å². The SMILES string of the molecule is CN(CC(F)F)c1ncc(CN)s1. The highest BCUT2D eigenvalue weighted by Gasteiger charge is 2.11. The molecule has 0 bridgehead atoms. The van der Waals surface area contributed by atoms with Crippen LogP contribution in [0.5, 0.6) is 0 Å². The number of nitrogens with zero attached hydrogens (tertiary/aromatic N) is 2. The van der Waals surface area contributed by atoms with Gasteiger partial charge in [0.25, 0.3) is 6.43 Å². The van der Waals surface area contributed by atoms with Crippen LogP contribution in [0.15, 0.2) is 6.20 Å². The van der Waals surface area contributed by atoms with E-state index in [4.69, 9.17) is 5.73 Å². The summed E-state index contributed by atoms with van der Waals surface area (Å²) in [5, 5.41) is 0.584. The maximum Gasteiger partial charge on any atom is 0.255 e. The van der Waals surface area contributed by atoms with Gasteiger partial charge in [0, 0.05) is 24.7 Å². The number of anilines is 1. The molecule has 0 aliphatic heterocycles. The summed E-state index contributed by atoms with van der Waals surface area (Å²) in [7, 11) is 1.59. The Morgan fingerprint density at radius 3 is 2.85 bits per heavy atom. The molecule has 0 fully saturated rings. The summed E-state index contributed by atoms with van der Waals surface area (Å²) in [6.07, 6.45) is -0.725. The number of rotatable bonds is 4. The van der Waals surface area contributed by atoms with Crippen LogP contribution in [-0.2, 0) is 6.54 Å². The minimum atomic E-state index is -2.34. The van der Waals surface area contributed by atoms with Gasteiger partial charge in [-0.2, -0.15) is 0 Å². The largest absolute Gasteiger partial charge is 0.345 e. The van der Waals surface area contributed by atoms with Gasteiger partial charge in [0.05, 0.1) is 6.54 Å². The van der Waals surface area contributed by atoms with E-state index in [0.29, 0.717) is 11.7 Å². The van der Waals surface area contributed by atoms with E-state index in [2.05, 4.69) is 4.98 Å². The zero-order valence-electron chi connectivity index (χ0n) is 7.20. The van der Waals surface area contributed by atoms with Crippen molar-refractivity contribution < 1.29 is 8.78 Å². The van der Waals surface area contributed by atoms with E-state index in [1.165, 1.54) is 16.2 Å². The van der Waals surface area contributed by atoms with Gasteiger partial charge in [-0.05, 0) is 0 Å². The van der Waals surface area contributed by atoms with E-state index in [-0.39, 0.29) is 6.54 Å². The van der Waals surface area contributed by atoms with Crippen LogP contribution in [-0.4, -0.2) is 25.0 Å². The van der Waals surface area contributed by atoms with Crippen molar-refractivity contribution in [3.63, 3.8) is 0 Å². The summed E-state index contributed by atoms with van der Waals surface area (Å²) in [6.45, 7) is 0.109. The number of hydrogen-bond acceptors (Lipinski definition) is 4. The Morgan fingerprint density at radius 1 is 1.69 bits per heavy atom. The molecule has 0 aromatic carbocycles. The van der Waals surface area contributed by atoms with E-state index in [1.807, 2.05) is 0 Å². The summed E-state index contributed by atoms with van der Waals surface area (Å²) in [6, 6.07) is 0. The maximum atomic E-state index is 12.0. The lowest BCUT2D eigenvalue weighted by atomic mass is 10.6. The topological polar surface area (TPSA) is 42.2 Å². The predicted molar refractivity (Wildman–Crippen MR) is 49.3 cm³/mol. The Balaban J connectivity index is 2.60. The number of hydrogen-bond donors (Lipinski definition) is 1. The molecule has 0 unspecified atom stereocenters. The summed E-state index contributed by atoms with van der Waals surface area (Å²) in [5.41, 5.74) is 5.37. The summed E-state index contributed by atoms with van der Waals surface area (Å²) < 4.78 is 23.9. The quantitative estimate of drug-likeness (QED) is 0.809. The molecule has 0 atom stereocenters. The Kier molecular flexibility index (Phi) is 3.56. The van der Waals surface area contributed by atoms with Crippen molar-refractivity contribution in [2.24, 2.45) is 5.73 Å². The first-order valence-electron chi connectivity index (χ1n) is 3.77. The van der Waals surface area contributed by atoms with Crippen LogP contribution in [0.2, 0.25) is 0 Å². The molecule has 1 rings (SSSR count). The highest BCUT2D eigenvalue weighted by molar-refractivity contribution is 7.15. The van der Waals surface area contributed by atoms with Crippen molar-refractivity contribution in [1.82, 2.24) is 4.98 Å². The van der Waals surface area contributed by atoms with Crippen LogP contribution in [0.1, 0.15) is 4.88 Å². The van der Waals surface area contributed by atoms with Crippen LogP contribution in [0.25, 0.3) is 0 Å². The molecule has 1 aromatic heterocycles. The normalized spacial score (nSPS) is 10.8. The van der Waals surface area contributed by atoms with Gasteiger partial charge in [-0.1, -0.05) is 0 Å². The zero-order chi connectivity index (χ0) is 9.84. The van der Waals surface area contributed by atoms with Crippen LogP contribution in [0.4, 0.5) is 13.9 Å². The van der Waals surface area contributed by atoms with Crippen molar-refractivity contribution in [3.05, 3.63) is 11.1 Å². The smallest absolute Gasteiger partial charge is 0.255 e. The van der Waals surface area contributed by atoms with Gasteiger partial charge in [-0.3, -0.25) is 0 Å². The monoisotopic (exact) mass is 207 g/mol. The first-order valence-corrected chi connectivity index (χ1v) is 4.59. The molecule has 0 radical (unpaired) electrons. The molecule has 1 aromatic rings. The standard InChI is InChI=1S/C7H11F2N3S/c1-12(4-6(8)9)7-11-3-5(2-10)13-7/h3,6H,2,4,10H2,1H3. The minimum Gasteiger partial charge on any atom is -0.345 e. The number of alkyl halides is 2. The Morgan fingerprint density at radius 2 is 2.38 bits per heavy atom. The lowest BCUT2D eigenvalue weighted by Crippen LogP contribution is -2.23. The molecule has 0 saturated heterocycles. The molecule has 1 heterocycles. The summed E-state index contributed by atoms with van der Waals surface area (Å²) >= 11 is 1.34. The Labute approximate surface area is 79.2 Å². The minimum absolute atomic E-state index is 0.294. The molecule has 0 aliphatic carbocycles. The second-order valence-electron chi connectivity index (χ2n) is 2.58.